The summed E-state index contributed by atoms with van der Waals surface area (Å²) in [4.78, 5) is 12.9. The van der Waals surface area contributed by atoms with Crippen LogP contribution in [-0.4, -0.2) is 47.3 Å². The van der Waals surface area contributed by atoms with Crippen LogP contribution in [0.25, 0.3) is 5.69 Å². The number of sulfonamides is 1. The molecule has 2 aromatic carbocycles. The summed E-state index contributed by atoms with van der Waals surface area (Å²) in [5.74, 6) is 0.699. The van der Waals surface area contributed by atoms with Crippen molar-refractivity contribution < 1.29 is 13.2 Å². The Hall–Kier alpha value is -2.91. The average molecular weight is 429 g/mol. The number of rotatable bonds is 5. The Morgan fingerprint density at radius 3 is 2.50 bits per heavy atom. The molecular weight excluding hydrogens is 404 g/mol. The molecule has 0 spiro atoms. The Morgan fingerprint density at radius 1 is 1.07 bits per heavy atom. The van der Waals surface area contributed by atoms with Crippen LogP contribution in [0.2, 0.25) is 0 Å². The maximum absolute atomic E-state index is 13.3. The predicted octanol–water partition coefficient (Wildman–Crippen LogP) is 2.15. The van der Waals surface area contributed by atoms with Gasteiger partial charge in [0, 0.05) is 26.1 Å². The average Bonchev–Trinajstić information content (AvgIpc) is 3.08. The summed E-state index contributed by atoms with van der Waals surface area (Å²) in [5.41, 5.74) is 0.469. The van der Waals surface area contributed by atoms with Crippen molar-refractivity contribution in [2.45, 2.75) is 23.7 Å². The zero-order valence-electron chi connectivity index (χ0n) is 16.9. The molecule has 0 N–H and O–H groups in total. The molecule has 0 bridgehead atoms. The fourth-order valence-electron chi connectivity index (χ4n) is 3.91. The first kappa shape index (κ1) is 20.4. The van der Waals surface area contributed by atoms with Crippen LogP contribution in [0.3, 0.4) is 0 Å². The van der Waals surface area contributed by atoms with E-state index in [2.05, 4.69) is 5.10 Å². The van der Waals surface area contributed by atoms with Crippen LogP contribution in [0.5, 0.6) is 5.75 Å². The fraction of sp³-hybridized carbons (Fsp3) is 0.333. The number of aromatic nitrogens is 3. The maximum Gasteiger partial charge on any atom is 0.350 e. The van der Waals surface area contributed by atoms with Crippen LogP contribution in [-0.2, 0) is 17.1 Å². The van der Waals surface area contributed by atoms with Crippen molar-refractivity contribution in [2.75, 3.05) is 20.2 Å². The van der Waals surface area contributed by atoms with Gasteiger partial charge in [-0.1, -0.05) is 30.3 Å². The second kappa shape index (κ2) is 8.08. The number of ether oxygens (including phenoxy) is 1. The minimum Gasteiger partial charge on any atom is -0.495 e. The van der Waals surface area contributed by atoms with E-state index in [4.69, 9.17) is 4.74 Å². The molecule has 9 heteroatoms. The van der Waals surface area contributed by atoms with Gasteiger partial charge in [0.2, 0.25) is 10.0 Å². The third-order valence-corrected chi connectivity index (χ3v) is 7.30. The molecule has 3 aromatic rings. The molecule has 158 valence electrons. The van der Waals surface area contributed by atoms with E-state index in [1.54, 1.807) is 35.9 Å². The van der Waals surface area contributed by atoms with Crippen molar-refractivity contribution in [3.8, 4) is 11.4 Å². The third-order valence-electron chi connectivity index (χ3n) is 5.40. The first-order valence-electron chi connectivity index (χ1n) is 9.78. The van der Waals surface area contributed by atoms with Crippen molar-refractivity contribution in [2.24, 2.45) is 7.05 Å². The molecule has 1 fully saturated rings. The second-order valence-electron chi connectivity index (χ2n) is 7.29. The Labute approximate surface area is 175 Å². The van der Waals surface area contributed by atoms with Gasteiger partial charge >= 0.3 is 5.69 Å². The number of benzene rings is 2. The van der Waals surface area contributed by atoms with Gasteiger partial charge in [-0.2, -0.15) is 9.40 Å². The molecule has 1 aromatic heterocycles. The molecule has 1 aliphatic rings. The smallest absolute Gasteiger partial charge is 0.350 e. The molecule has 0 saturated carbocycles. The standard InChI is InChI=1S/C21H24N4O4S/c1-23-21(26)25(17-10-4-3-5-11-17)20(22-23)16-9-8-14-24(15-16)30(27,28)19-13-7-6-12-18(19)29-2/h3-7,10-13,16H,8-9,14-15H2,1-2H3. The van der Waals surface area contributed by atoms with E-state index in [0.29, 0.717) is 24.5 Å². The Bertz CT molecular complexity index is 1200. The normalized spacial score (nSPS) is 17.7. The van der Waals surface area contributed by atoms with Gasteiger partial charge in [0.05, 0.1) is 12.8 Å². The summed E-state index contributed by atoms with van der Waals surface area (Å²) < 4.78 is 36.2. The summed E-state index contributed by atoms with van der Waals surface area (Å²) in [6, 6.07) is 15.9. The number of methoxy groups -OCH3 is 1. The highest BCUT2D eigenvalue weighted by Crippen LogP contribution is 2.32. The lowest BCUT2D eigenvalue weighted by Gasteiger charge is -2.31. The molecule has 8 nitrogen and oxygen atoms in total. The summed E-state index contributed by atoms with van der Waals surface area (Å²) in [6.07, 6.45) is 1.43. The van der Waals surface area contributed by atoms with E-state index < -0.39 is 10.0 Å². The van der Waals surface area contributed by atoms with Gasteiger partial charge < -0.3 is 4.74 Å². The molecule has 1 saturated heterocycles. The lowest BCUT2D eigenvalue weighted by molar-refractivity contribution is 0.305. The lowest BCUT2D eigenvalue weighted by atomic mass is 9.98. The monoisotopic (exact) mass is 428 g/mol. The highest BCUT2D eigenvalue weighted by molar-refractivity contribution is 7.89. The molecule has 1 aliphatic heterocycles. The Morgan fingerprint density at radius 2 is 1.77 bits per heavy atom. The van der Waals surface area contributed by atoms with Gasteiger partial charge in [-0.05, 0) is 37.1 Å². The number of para-hydroxylation sites is 2. The van der Waals surface area contributed by atoms with Crippen molar-refractivity contribution in [3.63, 3.8) is 0 Å². The topological polar surface area (TPSA) is 86.4 Å². The number of aryl methyl sites for hydroxylation is 1. The molecule has 0 aliphatic carbocycles. The van der Waals surface area contributed by atoms with Crippen molar-refractivity contribution in [1.82, 2.24) is 18.7 Å². The Kier molecular flexibility index (Phi) is 5.48. The maximum atomic E-state index is 13.3. The Balaban J connectivity index is 1.71. The number of hydrogen-bond acceptors (Lipinski definition) is 5. The van der Waals surface area contributed by atoms with Crippen LogP contribution >= 0.6 is 0 Å². The minimum atomic E-state index is -3.74. The zero-order valence-corrected chi connectivity index (χ0v) is 17.7. The molecule has 0 radical (unpaired) electrons. The number of hydrogen-bond donors (Lipinski definition) is 0. The molecule has 30 heavy (non-hydrogen) atoms. The van der Waals surface area contributed by atoms with Crippen LogP contribution in [0, 0.1) is 0 Å². The van der Waals surface area contributed by atoms with Gasteiger partial charge in [0.1, 0.15) is 16.5 Å². The van der Waals surface area contributed by atoms with E-state index in [-0.39, 0.29) is 23.0 Å². The number of nitrogens with zero attached hydrogens (tertiary/aromatic N) is 4. The van der Waals surface area contributed by atoms with Crippen molar-refractivity contribution in [1.29, 1.82) is 0 Å². The second-order valence-corrected chi connectivity index (χ2v) is 9.19. The van der Waals surface area contributed by atoms with Gasteiger partial charge in [0.15, 0.2) is 0 Å². The quantitative estimate of drug-likeness (QED) is 0.622. The summed E-state index contributed by atoms with van der Waals surface area (Å²) >= 11 is 0. The minimum absolute atomic E-state index is 0.148. The van der Waals surface area contributed by atoms with Crippen LogP contribution in [0.1, 0.15) is 24.6 Å². The third kappa shape index (κ3) is 3.54. The van der Waals surface area contributed by atoms with E-state index in [9.17, 15) is 13.2 Å². The molecule has 1 atom stereocenters. The lowest BCUT2D eigenvalue weighted by Crippen LogP contribution is -2.40. The van der Waals surface area contributed by atoms with Crippen LogP contribution in [0.15, 0.2) is 64.3 Å². The SMILES string of the molecule is COc1ccccc1S(=O)(=O)N1CCCC(c2nn(C)c(=O)n2-c2ccccc2)C1. The summed E-state index contributed by atoms with van der Waals surface area (Å²) in [6.45, 7) is 0.670. The first-order chi connectivity index (χ1) is 14.4. The highest BCUT2D eigenvalue weighted by Gasteiger charge is 2.35. The van der Waals surface area contributed by atoms with Gasteiger partial charge in [-0.25, -0.2) is 22.5 Å². The molecule has 2 heterocycles. The fourth-order valence-corrected chi connectivity index (χ4v) is 5.59. The predicted molar refractivity (Wildman–Crippen MR) is 113 cm³/mol. The largest absolute Gasteiger partial charge is 0.495 e. The van der Waals surface area contributed by atoms with Crippen LogP contribution in [0.4, 0.5) is 0 Å². The van der Waals surface area contributed by atoms with Crippen molar-refractivity contribution in [3.05, 3.63) is 70.9 Å². The molecule has 4 rings (SSSR count). The molecule has 1 unspecified atom stereocenters. The molecular formula is C21H24N4O4S. The summed E-state index contributed by atoms with van der Waals surface area (Å²) in [5, 5.41) is 4.45. The van der Waals surface area contributed by atoms with E-state index in [1.165, 1.54) is 16.1 Å². The van der Waals surface area contributed by atoms with Gasteiger partial charge in [0.25, 0.3) is 0 Å². The van der Waals surface area contributed by atoms with Crippen molar-refractivity contribution >= 4 is 10.0 Å². The van der Waals surface area contributed by atoms with Crippen LogP contribution < -0.4 is 10.4 Å². The van der Waals surface area contributed by atoms with Gasteiger partial charge in [-0.3, -0.25) is 0 Å². The van der Waals surface area contributed by atoms with E-state index >= 15 is 0 Å². The van der Waals surface area contributed by atoms with Gasteiger partial charge in [-0.15, -0.1) is 0 Å². The molecule has 0 amide bonds. The summed E-state index contributed by atoms with van der Waals surface area (Å²) in [7, 11) is -0.673. The zero-order chi connectivity index (χ0) is 21.3. The highest BCUT2D eigenvalue weighted by atomic mass is 32.2. The van der Waals surface area contributed by atoms with E-state index in [1.807, 2.05) is 30.3 Å². The number of piperidine rings is 1. The first-order valence-corrected chi connectivity index (χ1v) is 11.2. The van der Waals surface area contributed by atoms with E-state index in [0.717, 1.165) is 12.1 Å².